The number of aliphatic hydroxyl groups is 1. The molecule has 2 aromatic carbocycles. The van der Waals surface area contributed by atoms with Gasteiger partial charge in [-0.3, -0.25) is 14.5 Å². The van der Waals surface area contributed by atoms with Gasteiger partial charge in [-0.2, -0.15) is 0 Å². The Hall–Kier alpha value is -5.07. The molecule has 19 nitrogen and oxygen atoms in total. The van der Waals surface area contributed by atoms with Crippen LogP contribution in [0.5, 0.6) is 11.5 Å². The second-order valence-electron chi connectivity index (χ2n) is 15.9. The first kappa shape index (κ1) is 48.9. The van der Waals surface area contributed by atoms with Gasteiger partial charge in [0.2, 0.25) is 5.60 Å². The van der Waals surface area contributed by atoms with Gasteiger partial charge in [0.1, 0.15) is 41.9 Å². The molecule has 7 rings (SSSR count). The van der Waals surface area contributed by atoms with Crippen LogP contribution in [-0.2, 0) is 51.4 Å². The Balaban J connectivity index is 1.04. The molecular weight excluding hydrogens is 940 g/mol. The quantitative estimate of drug-likeness (QED) is 0.0845. The highest BCUT2D eigenvalue weighted by Crippen LogP contribution is 2.54. The number of carbonyl (C=O) groups excluding carboxylic acids is 2. The number of nitrogens with two attached hydrogens (primary N) is 1. The summed E-state index contributed by atoms with van der Waals surface area (Å²) in [5, 5.41) is 38.9. The number of morpholine rings is 1. The van der Waals surface area contributed by atoms with Crippen molar-refractivity contribution in [1.82, 2.24) is 20.1 Å². The summed E-state index contributed by atoms with van der Waals surface area (Å²) in [6, 6.07) is 13.3. The van der Waals surface area contributed by atoms with Crippen LogP contribution in [-0.4, -0.2) is 145 Å². The van der Waals surface area contributed by atoms with E-state index in [1.807, 2.05) is 48.5 Å². The third kappa shape index (κ3) is 10.7. The largest absolute Gasteiger partial charge is 0.497 e. The number of benzene rings is 2. The number of thioether (sulfide) groups is 2. The smallest absolute Gasteiger partial charge is 0.350 e. The number of anilines is 1. The number of aliphatic carboxylic acids is 2. The molecule has 4 aliphatic rings. The fourth-order valence-electron chi connectivity index (χ4n) is 7.25. The number of fused-ring (bicyclic) bond motifs is 1. The van der Waals surface area contributed by atoms with Crippen LogP contribution in [0.25, 0.3) is 0 Å². The molecule has 6 atom stereocenters. The number of carboxylic acid groups (broad SMARTS) is 2. The van der Waals surface area contributed by atoms with Gasteiger partial charge in [0, 0.05) is 30.6 Å². The molecule has 354 valence electrons. The predicted molar refractivity (Wildman–Crippen MR) is 246 cm³/mol. The number of nitrogen functional groups attached to an aromatic ring is 1. The van der Waals surface area contributed by atoms with Gasteiger partial charge in [-0.15, -0.1) is 34.9 Å². The molecule has 3 fully saturated rings. The molecule has 23 heteroatoms. The van der Waals surface area contributed by atoms with E-state index in [0.29, 0.717) is 17.3 Å². The number of nitrogens with zero attached hydrogens (tertiary/aromatic N) is 4. The van der Waals surface area contributed by atoms with Crippen LogP contribution in [0.1, 0.15) is 37.1 Å². The maximum absolute atomic E-state index is 14.5. The van der Waals surface area contributed by atoms with Crippen LogP contribution in [0.3, 0.4) is 0 Å². The summed E-state index contributed by atoms with van der Waals surface area (Å²) < 4.78 is 27.5. The third-order valence-electron chi connectivity index (χ3n) is 11.2. The number of oxime groups is 1. The van der Waals surface area contributed by atoms with Crippen LogP contribution in [0.4, 0.5) is 5.13 Å². The van der Waals surface area contributed by atoms with Gasteiger partial charge in [0.25, 0.3) is 11.8 Å². The number of carboxylic acids is 2. The molecule has 1 aromatic heterocycles. The first-order valence-electron chi connectivity index (χ1n) is 20.5. The van der Waals surface area contributed by atoms with E-state index in [1.165, 1.54) is 19.2 Å². The van der Waals surface area contributed by atoms with Gasteiger partial charge < -0.3 is 59.8 Å². The molecule has 0 spiro atoms. The Bertz CT molecular complexity index is 2380. The Morgan fingerprint density at radius 1 is 1.06 bits per heavy atom. The van der Waals surface area contributed by atoms with E-state index in [2.05, 4.69) is 15.5 Å². The topological polar surface area (TPSA) is 254 Å². The minimum atomic E-state index is -1.80. The summed E-state index contributed by atoms with van der Waals surface area (Å²) in [7, 11) is 3.17. The number of thiazole rings is 1. The average molecular weight is 990 g/mol. The van der Waals surface area contributed by atoms with Crippen molar-refractivity contribution in [2.45, 2.75) is 73.0 Å². The van der Waals surface area contributed by atoms with E-state index in [0.717, 1.165) is 46.0 Å². The van der Waals surface area contributed by atoms with E-state index >= 15 is 0 Å². The fraction of sp³-hybridized carbons (Fsp3) is 0.442. The molecule has 3 aliphatic heterocycles. The molecule has 4 unspecified atom stereocenters. The van der Waals surface area contributed by atoms with Gasteiger partial charge >= 0.3 is 11.9 Å². The van der Waals surface area contributed by atoms with Crippen LogP contribution in [0.2, 0.25) is 0 Å². The van der Waals surface area contributed by atoms with Crippen molar-refractivity contribution in [3.05, 3.63) is 93.2 Å². The number of halogens is 1. The number of nitrogens with one attached hydrogen (secondary N) is 1. The predicted octanol–water partition coefficient (Wildman–Crippen LogP) is 3.84. The van der Waals surface area contributed by atoms with Crippen molar-refractivity contribution in [3.8, 4) is 11.5 Å². The van der Waals surface area contributed by atoms with Gasteiger partial charge in [-0.1, -0.05) is 47.1 Å². The number of rotatable bonds is 19. The lowest BCUT2D eigenvalue weighted by atomic mass is 10.0. The second kappa shape index (κ2) is 20.8. The van der Waals surface area contributed by atoms with Gasteiger partial charge in [0.15, 0.2) is 14.9 Å². The molecular formula is C43H49ClN6O13S3. The first-order chi connectivity index (χ1) is 31.5. The van der Waals surface area contributed by atoms with Crippen molar-refractivity contribution < 1.29 is 63.0 Å². The van der Waals surface area contributed by atoms with Crippen molar-refractivity contribution in [3.63, 3.8) is 0 Å². The highest BCUT2D eigenvalue weighted by atomic mass is 35.5. The summed E-state index contributed by atoms with van der Waals surface area (Å²) in [6.07, 6.45) is 0.120. The Labute approximate surface area is 397 Å². The van der Waals surface area contributed by atoms with Crippen molar-refractivity contribution >= 4 is 81.1 Å². The summed E-state index contributed by atoms with van der Waals surface area (Å²) in [6.45, 7) is 3.36. The van der Waals surface area contributed by atoms with Crippen molar-refractivity contribution in [2.75, 3.05) is 52.0 Å². The third-order valence-corrected chi connectivity index (χ3v) is 15.7. The minimum absolute atomic E-state index is 0.0149. The number of hydrogen-bond donors (Lipinski definition) is 5. The Morgan fingerprint density at radius 3 is 2.33 bits per heavy atom. The number of methoxy groups -OCH3 is 2. The van der Waals surface area contributed by atoms with Gasteiger partial charge in [-0.25, -0.2) is 14.6 Å². The molecule has 6 N–H and O–H groups in total. The molecule has 2 amide bonds. The Kier molecular flexibility index (Phi) is 15.4. The zero-order chi connectivity index (χ0) is 47.3. The molecule has 0 radical (unpaired) electrons. The first-order valence-corrected chi connectivity index (χ1v) is 23.7. The van der Waals surface area contributed by atoms with E-state index in [1.54, 1.807) is 30.1 Å². The maximum atomic E-state index is 14.5. The van der Waals surface area contributed by atoms with Gasteiger partial charge in [-0.05, 0) is 49.2 Å². The molecule has 0 bridgehead atoms. The van der Waals surface area contributed by atoms with E-state index < -0.39 is 57.3 Å². The number of aromatic nitrogens is 1. The lowest BCUT2D eigenvalue weighted by Crippen LogP contribution is -2.70. The molecule has 3 aromatic rings. The minimum Gasteiger partial charge on any atom is -0.497 e. The SMILES string of the molecule is COc1ccc(COC2=C(Cl)C(C(=O)N3CCOCC3CS[C@]3(C(=O)O)CN4C(O)C(NC(=O)/C(=N\OC(C)(C)C(=O)O)c5csc(N)n5)[C@H]4S3)=CCC2OCc2ccc(OC)cc2)cc1. The fourth-order valence-corrected chi connectivity index (χ4v) is 11.4. The van der Waals surface area contributed by atoms with Crippen LogP contribution >= 0.6 is 46.5 Å². The summed E-state index contributed by atoms with van der Waals surface area (Å²) in [4.78, 5) is 65.4. The molecule has 0 saturated carbocycles. The molecule has 3 saturated heterocycles. The second-order valence-corrected chi connectivity index (χ2v) is 20.2. The highest BCUT2D eigenvalue weighted by molar-refractivity contribution is 8.19. The number of aliphatic hydroxyl groups excluding tert-OH is 1. The van der Waals surface area contributed by atoms with Crippen LogP contribution in [0, 0.1) is 0 Å². The average Bonchev–Trinajstić information content (AvgIpc) is 3.91. The standard InChI is InChI=1S/C43H49ClN6O13S3/c1-42(2,39(54)55)63-48-32(29-21-64-41(45)46-29)35(51)47-33-37(53)50-22-43(40(56)57,66-38(33)50)65-20-25-19-60-16-15-49(25)36(52)28-13-14-30(61-17-23-5-9-26(58-3)10-6-23)34(31(28)44)62-18-24-7-11-27(59-4)12-8-24/h5-13,21,25,30,33,37-38,53H,14-20,22H2,1-4H3,(H2,45,46)(H,47,51)(H,54,55)(H,56,57)/b48-32-/t25?,30?,33?,37?,38-,43-/m1/s1. The monoisotopic (exact) mass is 988 g/mol. The maximum Gasteiger partial charge on any atom is 0.350 e. The molecule has 4 heterocycles. The van der Waals surface area contributed by atoms with Crippen molar-refractivity contribution in [2.24, 2.45) is 5.16 Å². The van der Waals surface area contributed by atoms with Crippen LogP contribution < -0.4 is 20.5 Å². The lowest BCUT2D eigenvalue weighted by Gasteiger charge is -2.47. The normalized spacial score (nSPS) is 24.5. The van der Waals surface area contributed by atoms with E-state index in [-0.39, 0.29) is 84.7 Å². The lowest BCUT2D eigenvalue weighted by molar-refractivity contribution is -0.161. The molecule has 1 aliphatic carbocycles. The van der Waals surface area contributed by atoms with Crippen LogP contribution in [0.15, 0.2) is 81.5 Å². The highest BCUT2D eigenvalue weighted by Gasteiger charge is 2.63. The summed E-state index contributed by atoms with van der Waals surface area (Å²) >= 11 is 10.3. The summed E-state index contributed by atoms with van der Waals surface area (Å²) in [5.74, 6) is -1.90. The number of amides is 2. The number of ether oxygens (including phenoxy) is 5. The zero-order valence-electron chi connectivity index (χ0n) is 36.2. The molecule has 66 heavy (non-hydrogen) atoms. The summed E-state index contributed by atoms with van der Waals surface area (Å²) in [5.41, 5.74) is 5.57. The Morgan fingerprint density at radius 2 is 1.73 bits per heavy atom. The van der Waals surface area contributed by atoms with E-state index in [9.17, 15) is 34.5 Å². The van der Waals surface area contributed by atoms with Crippen molar-refractivity contribution in [1.29, 1.82) is 0 Å². The number of hydrogen-bond acceptors (Lipinski definition) is 18. The van der Waals surface area contributed by atoms with Gasteiger partial charge in [0.05, 0.1) is 62.1 Å². The zero-order valence-corrected chi connectivity index (χ0v) is 39.4. The number of carbonyl (C=O) groups is 4. The van der Waals surface area contributed by atoms with E-state index in [4.69, 9.17) is 45.9 Å².